The number of amides is 2. The van der Waals surface area contributed by atoms with Crippen LogP contribution in [0.5, 0.6) is 0 Å². The number of carboxylic acid groups (broad SMARTS) is 1. The number of aliphatic carboxylic acids is 1. The second-order valence-electron chi connectivity index (χ2n) is 8.02. The average molecular weight is 577 g/mol. The summed E-state index contributed by atoms with van der Waals surface area (Å²) in [7, 11) is 1.27. The number of thioether (sulfide) groups is 2. The smallest absolute Gasteiger partial charge is 0.352 e. The number of rotatable bonds is 8. The van der Waals surface area contributed by atoms with Crippen molar-refractivity contribution in [1.82, 2.24) is 34.8 Å². The van der Waals surface area contributed by atoms with E-state index >= 15 is 0 Å². The van der Waals surface area contributed by atoms with E-state index < -0.39 is 29.2 Å². The first-order chi connectivity index (χ1) is 18.2. The maximum atomic E-state index is 13.1. The Balaban J connectivity index is 1.34. The number of aromatic nitrogens is 5. The van der Waals surface area contributed by atoms with E-state index in [9.17, 15) is 19.5 Å². The van der Waals surface area contributed by atoms with Gasteiger partial charge in [0.25, 0.3) is 17.6 Å². The fourth-order valence-electron chi connectivity index (χ4n) is 3.93. The van der Waals surface area contributed by atoms with Gasteiger partial charge in [0.2, 0.25) is 5.95 Å². The van der Waals surface area contributed by atoms with Crippen molar-refractivity contribution in [3.05, 3.63) is 34.1 Å². The zero-order chi connectivity index (χ0) is 27.1. The molecule has 198 valence electrons. The minimum atomic E-state index is -1.23. The molecule has 5 heterocycles. The molecule has 0 spiro atoms. The number of aryl methyl sites for hydroxylation is 1. The van der Waals surface area contributed by atoms with Gasteiger partial charge in [-0.3, -0.25) is 14.5 Å². The van der Waals surface area contributed by atoms with Crippen LogP contribution in [0.4, 0.5) is 11.1 Å². The van der Waals surface area contributed by atoms with Crippen LogP contribution >= 0.6 is 34.9 Å². The molecule has 2 amide bonds. The second-order valence-corrected chi connectivity index (χ2v) is 11.0. The molecule has 38 heavy (non-hydrogen) atoms. The topological polar surface area (TPSA) is 216 Å². The average Bonchev–Trinajstić information content (AvgIpc) is 3.47. The van der Waals surface area contributed by atoms with Crippen LogP contribution in [0.1, 0.15) is 11.4 Å². The summed E-state index contributed by atoms with van der Waals surface area (Å²) >= 11 is 3.80. The molecule has 0 aliphatic carbocycles. The van der Waals surface area contributed by atoms with Crippen molar-refractivity contribution in [2.45, 2.75) is 23.4 Å². The summed E-state index contributed by atoms with van der Waals surface area (Å²) in [4.78, 5) is 56.5. The number of thiazole rings is 1. The van der Waals surface area contributed by atoms with Crippen LogP contribution < -0.4 is 16.8 Å². The Hall–Kier alpha value is -3.90. The van der Waals surface area contributed by atoms with Crippen LogP contribution in [0.25, 0.3) is 5.78 Å². The van der Waals surface area contributed by atoms with Crippen LogP contribution in [0.2, 0.25) is 0 Å². The monoisotopic (exact) mass is 576 g/mol. The highest BCUT2D eigenvalue weighted by molar-refractivity contribution is 8.01. The summed E-state index contributed by atoms with van der Waals surface area (Å²) in [6, 6.07) is 0.843. The van der Waals surface area contributed by atoms with E-state index in [4.69, 9.17) is 16.3 Å². The third-order valence-electron chi connectivity index (χ3n) is 5.52. The SMILES string of the molecule is CO/N=C(/C(=O)N[C@@H]1C(=O)N2C(C(=O)O)=C(CSc3cc(C)nc4nc(N)nn34)CS[C@H]12)c1csc(N)n1. The molecule has 6 N–H and O–H groups in total. The molecule has 3 aromatic rings. The minimum absolute atomic E-state index is 0.0719. The number of fused-ring (bicyclic) bond motifs is 2. The lowest BCUT2D eigenvalue weighted by Crippen LogP contribution is -2.71. The van der Waals surface area contributed by atoms with E-state index in [0.29, 0.717) is 27.8 Å². The van der Waals surface area contributed by atoms with E-state index in [1.165, 1.54) is 45.4 Å². The molecule has 0 bridgehead atoms. The van der Waals surface area contributed by atoms with Gasteiger partial charge in [-0.05, 0) is 18.6 Å². The molecule has 5 rings (SSSR count). The number of carbonyl (C=O) groups excluding carboxylic acids is 2. The van der Waals surface area contributed by atoms with Gasteiger partial charge in [0.05, 0.1) is 0 Å². The first-order valence-corrected chi connectivity index (χ1v) is 13.8. The zero-order valence-electron chi connectivity index (χ0n) is 19.8. The van der Waals surface area contributed by atoms with Crippen molar-refractivity contribution >= 4 is 75.2 Å². The van der Waals surface area contributed by atoms with Crippen molar-refractivity contribution in [2.24, 2.45) is 5.16 Å². The number of carbonyl (C=O) groups is 3. The molecule has 0 unspecified atom stereocenters. The number of nitrogens with one attached hydrogen (secondary N) is 1. The molecule has 18 heteroatoms. The summed E-state index contributed by atoms with van der Waals surface area (Å²) < 4.78 is 1.49. The largest absolute Gasteiger partial charge is 0.477 e. The van der Waals surface area contributed by atoms with Gasteiger partial charge >= 0.3 is 5.97 Å². The highest BCUT2D eigenvalue weighted by Crippen LogP contribution is 2.41. The van der Waals surface area contributed by atoms with Crippen molar-refractivity contribution in [3.63, 3.8) is 0 Å². The second kappa shape index (κ2) is 10.1. The number of nitrogen functional groups attached to an aromatic ring is 2. The van der Waals surface area contributed by atoms with Gasteiger partial charge in [-0.1, -0.05) is 5.16 Å². The Morgan fingerprint density at radius 3 is 2.82 bits per heavy atom. The summed E-state index contributed by atoms with van der Waals surface area (Å²) in [5.41, 5.74) is 12.6. The maximum Gasteiger partial charge on any atom is 0.352 e. The third-order valence-corrected chi connectivity index (χ3v) is 8.61. The van der Waals surface area contributed by atoms with E-state index in [-0.39, 0.29) is 33.9 Å². The van der Waals surface area contributed by atoms with Crippen LogP contribution in [0, 0.1) is 6.92 Å². The van der Waals surface area contributed by atoms with E-state index in [1.807, 2.05) is 0 Å². The number of nitrogens with zero attached hydrogens (tertiary/aromatic N) is 7. The molecular formula is C20H20N10O5S3. The van der Waals surface area contributed by atoms with Crippen molar-refractivity contribution in [2.75, 3.05) is 30.1 Å². The molecule has 1 fully saturated rings. The predicted octanol–water partition coefficient (Wildman–Crippen LogP) is -0.0650. The summed E-state index contributed by atoms with van der Waals surface area (Å²) in [5.74, 6) is -1.45. The van der Waals surface area contributed by atoms with Gasteiger partial charge in [-0.2, -0.15) is 9.50 Å². The zero-order valence-corrected chi connectivity index (χ0v) is 22.3. The third kappa shape index (κ3) is 4.61. The van der Waals surface area contributed by atoms with Gasteiger partial charge in [0, 0.05) is 22.6 Å². The lowest BCUT2D eigenvalue weighted by molar-refractivity contribution is -0.150. The summed E-state index contributed by atoms with van der Waals surface area (Å²) in [6.07, 6.45) is 0. The molecule has 3 aromatic heterocycles. The van der Waals surface area contributed by atoms with E-state index in [1.54, 1.807) is 13.0 Å². The molecule has 1 saturated heterocycles. The lowest BCUT2D eigenvalue weighted by atomic mass is 10.0. The number of carboxylic acids is 1. The normalized spacial score (nSPS) is 19.4. The Bertz CT molecular complexity index is 1530. The molecule has 15 nitrogen and oxygen atoms in total. The number of nitrogens with two attached hydrogens (primary N) is 2. The van der Waals surface area contributed by atoms with Crippen LogP contribution in [0.15, 0.2) is 32.9 Å². The Morgan fingerprint density at radius 1 is 1.34 bits per heavy atom. The van der Waals surface area contributed by atoms with Gasteiger partial charge in [-0.25, -0.2) is 14.8 Å². The van der Waals surface area contributed by atoms with Gasteiger partial charge < -0.3 is 26.7 Å². The Kier molecular flexibility index (Phi) is 6.84. The number of hydrogen-bond donors (Lipinski definition) is 4. The molecule has 2 aliphatic heterocycles. The minimum Gasteiger partial charge on any atom is -0.477 e. The number of β-lactam (4-membered cyclic amide) rings is 1. The molecule has 0 radical (unpaired) electrons. The van der Waals surface area contributed by atoms with Crippen LogP contribution in [0.3, 0.4) is 0 Å². The van der Waals surface area contributed by atoms with Crippen LogP contribution in [-0.2, 0) is 19.2 Å². The standard InChI is InChI=1S/C20H20N10O5S3/c1-7-3-10(30-20(23-7)26-18(21)27-30)36-4-8-5-37-16-12(15(32)29(16)13(8)17(33)34)25-14(31)11(28-35-2)9-6-38-19(22)24-9/h3,6,12,16H,4-5H2,1-2H3,(H2,21,27)(H2,22,24)(H,25,31)(H,33,34)/b28-11+/t12-,16-/m1/s1. The number of oxime groups is 1. The Labute approximate surface area is 226 Å². The van der Waals surface area contributed by atoms with E-state index in [0.717, 1.165) is 11.3 Å². The fraction of sp³-hybridized carbons (Fsp3) is 0.300. The highest BCUT2D eigenvalue weighted by Gasteiger charge is 2.54. The maximum absolute atomic E-state index is 13.1. The molecule has 2 atom stereocenters. The fourth-order valence-corrected chi connectivity index (χ4v) is 7.01. The number of hydrogen-bond acceptors (Lipinski definition) is 14. The van der Waals surface area contributed by atoms with Crippen molar-refractivity contribution < 1.29 is 24.3 Å². The van der Waals surface area contributed by atoms with Gasteiger partial charge in [0.1, 0.15) is 34.9 Å². The lowest BCUT2D eigenvalue weighted by Gasteiger charge is -2.49. The van der Waals surface area contributed by atoms with E-state index in [2.05, 4.69) is 30.5 Å². The van der Waals surface area contributed by atoms with Gasteiger partial charge in [-0.15, -0.1) is 40.0 Å². The molecular weight excluding hydrogens is 556 g/mol. The van der Waals surface area contributed by atoms with Crippen molar-refractivity contribution in [3.8, 4) is 0 Å². The molecule has 0 saturated carbocycles. The summed E-state index contributed by atoms with van der Waals surface area (Å²) in [6.45, 7) is 1.80. The summed E-state index contributed by atoms with van der Waals surface area (Å²) in [5, 5.41) is 22.3. The van der Waals surface area contributed by atoms with Crippen molar-refractivity contribution in [1.29, 1.82) is 0 Å². The Morgan fingerprint density at radius 2 is 2.13 bits per heavy atom. The predicted molar refractivity (Wildman–Crippen MR) is 140 cm³/mol. The quantitative estimate of drug-likeness (QED) is 0.0909. The first kappa shape index (κ1) is 25.7. The molecule has 0 aromatic carbocycles. The molecule has 2 aliphatic rings. The van der Waals surface area contributed by atoms with Crippen LogP contribution in [-0.4, -0.2) is 88.1 Å². The number of anilines is 2. The highest BCUT2D eigenvalue weighted by atomic mass is 32.2. The first-order valence-electron chi connectivity index (χ1n) is 10.8. The van der Waals surface area contributed by atoms with Gasteiger partial charge in [0.15, 0.2) is 10.8 Å².